The fourth-order valence-corrected chi connectivity index (χ4v) is 1.53. The maximum Gasteiger partial charge on any atom is 0.0346 e. The van der Waals surface area contributed by atoms with E-state index in [0.29, 0.717) is 0 Å². The normalized spacial score (nSPS) is 9.92. The molecule has 0 N–H and O–H groups in total. The minimum Gasteiger partial charge on any atom is -0.264 e. The predicted molar refractivity (Wildman–Crippen MR) is 56.2 cm³/mol. The summed E-state index contributed by atoms with van der Waals surface area (Å²) in [5, 5.41) is 0. The molecule has 2 aromatic rings. The second-order valence-electron chi connectivity index (χ2n) is 2.67. The smallest absolute Gasteiger partial charge is 0.0346 e. The first-order chi connectivity index (χ1) is 6.36. The van der Waals surface area contributed by atoms with Crippen LogP contribution in [0.15, 0.2) is 47.2 Å². The van der Waals surface area contributed by atoms with Gasteiger partial charge < -0.3 is 0 Å². The fraction of sp³-hybridized carbons (Fsp3) is 0. The molecule has 0 aliphatic rings. The average molecular weight is 233 g/mol. The maximum atomic E-state index is 4.07. The summed E-state index contributed by atoms with van der Waals surface area (Å²) in [5.74, 6) is 0. The number of nitrogens with zero attached hydrogens (tertiary/aromatic N) is 1. The zero-order valence-corrected chi connectivity index (χ0v) is 8.45. The van der Waals surface area contributed by atoms with Crippen LogP contribution in [0.1, 0.15) is 0 Å². The van der Waals surface area contributed by atoms with Gasteiger partial charge in [-0.15, -0.1) is 0 Å². The molecule has 0 amide bonds. The van der Waals surface area contributed by atoms with Crippen molar-refractivity contribution < 1.29 is 0 Å². The fourth-order valence-electron chi connectivity index (χ4n) is 1.15. The van der Waals surface area contributed by atoms with Crippen molar-refractivity contribution in [1.29, 1.82) is 0 Å². The quantitative estimate of drug-likeness (QED) is 0.736. The Hall–Kier alpha value is -1.15. The number of rotatable bonds is 1. The molecule has 1 aromatic carbocycles. The van der Waals surface area contributed by atoms with Gasteiger partial charge in [-0.2, -0.15) is 0 Å². The van der Waals surface area contributed by atoms with Gasteiger partial charge in [-0.3, -0.25) is 4.98 Å². The third-order valence-electron chi connectivity index (χ3n) is 1.76. The molecule has 2 rings (SSSR count). The van der Waals surface area contributed by atoms with Crippen molar-refractivity contribution >= 4 is 15.9 Å². The zero-order chi connectivity index (χ0) is 9.10. The summed E-state index contributed by atoms with van der Waals surface area (Å²) in [5.41, 5.74) is 2.27. The van der Waals surface area contributed by atoms with Gasteiger partial charge >= 0.3 is 0 Å². The molecule has 13 heavy (non-hydrogen) atoms. The molecule has 2 heteroatoms. The molecule has 63 valence electrons. The van der Waals surface area contributed by atoms with Crippen LogP contribution in [0.5, 0.6) is 0 Å². The van der Waals surface area contributed by atoms with E-state index >= 15 is 0 Å². The van der Waals surface area contributed by atoms with E-state index in [9.17, 15) is 0 Å². The van der Waals surface area contributed by atoms with E-state index in [1.165, 1.54) is 0 Å². The highest BCUT2D eigenvalue weighted by Crippen LogP contribution is 2.21. The number of hydrogen-bond donors (Lipinski definition) is 0. The molecular weight excluding hydrogens is 226 g/mol. The van der Waals surface area contributed by atoms with E-state index in [1.807, 2.05) is 36.5 Å². The lowest BCUT2D eigenvalue weighted by atomic mass is 10.1. The molecule has 0 fully saturated rings. The van der Waals surface area contributed by atoms with Gasteiger partial charge in [0.1, 0.15) is 0 Å². The highest BCUT2D eigenvalue weighted by molar-refractivity contribution is 9.10. The van der Waals surface area contributed by atoms with E-state index in [-0.39, 0.29) is 0 Å². The van der Waals surface area contributed by atoms with Gasteiger partial charge in [0, 0.05) is 22.4 Å². The topological polar surface area (TPSA) is 12.9 Å². The van der Waals surface area contributed by atoms with Crippen molar-refractivity contribution in [3.05, 3.63) is 53.3 Å². The molecule has 0 bridgehead atoms. The third kappa shape index (κ3) is 1.95. The molecule has 0 saturated carbocycles. The van der Waals surface area contributed by atoms with Crippen LogP contribution < -0.4 is 0 Å². The van der Waals surface area contributed by atoms with Gasteiger partial charge in [0.2, 0.25) is 0 Å². The maximum absolute atomic E-state index is 4.07. The number of aromatic nitrogens is 1. The van der Waals surface area contributed by atoms with E-state index in [4.69, 9.17) is 0 Å². The highest BCUT2D eigenvalue weighted by atomic mass is 79.9. The highest BCUT2D eigenvalue weighted by Gasteiger charge is 1.96. The second kappa shape index (κ2) is 3.71. The molecule has 0 atom stereocenters. The van der Waals surface area contributed by atoms with Gasteiger partial charge in [-0.05, 0) is 23.8 Å². The minimum atomic E-state index is 0.967. The lowest BCUT2D eigenvalue weighted by Gasteiger charge is -1.99. The summed E-state index contributed by atoms with van der Waals surface area (Å²) >= 11 is 3.38. The Kier molecular flexibility index (Phi) is 2.41. The van der Waals surface area contributed by atoms with Crippen molar-refractivity contribution in [1.82, 2.24) is 4.98 Å². The zero-order valence-electron chi connectivity index (χ0n) is 6.87. The van der Waals surface area contributed by atoms with Crippen molar-refractivity contribution in [2.24, 2.45) is 0 Å². The van der Waals surface area contributed by atoms with Crippen LogP contribution in [-0.2, 0) is 0 Å². The van der Waals surface area contributed by atoms with Crippen molar-refractivity contribution in [2.75, 3.05) is 0 Å². The van der Waals surface area contributed by atoms with E-state index in [2.05, 4.69) is 27.0 Å². The Morgan fingerprint density at radius 2 is 2.15 bits per heavy atom. The Balaban J connectivity index is 2.48. The molecule has 1 heterocycles. The van der Waals surface area contributed by atoms with Crippen LogP contribution in [0.25, 0.3) is 11.1 Å². The van der Waals surface area contributed by atoms with Crippen molar-refractivity contribution in [3.63, 3.8) is 0 Å². The summed E-state index contributed by atoms with van der Waals surface area (Å²) in [6.07, 6.45) is 3.62. The van der Waals surface area contributed by atoms with Crippen LogP contribution in [0, 0.1) is 6.07 Å². The SMILES string of the molecule is Brc1[c]ccc(-c2cccnc2)c1. The largest absolute Gasteiger partial charge is 0.264 e. The summed E-state index contributed by atoms with van der Waals surface area (Å²) in [4.78, 5) is 4.07. The standard InChI is InChI=1S/C11H7BrN/c12-11-5-1-3-9(7-11)10-4-2-6-13-8-10/h1-4,6-8H. The first-order valence-electron chi connectivity index (χ1n) is 3.94. The van der Waals surface area contributed by atoms with E-state index < -0.39 is 0 Å². The number of halogens is 1. The van der Waals surface area contributed by atoms with E-state index in [0.717, 1.165) is 15.6 Å². The van der Waals surface area contributed by atoms with Gasteiger partial charge in [-0.25, -0.2) is 0 Å². The molecule has 1 nitrogen and oxygen atoms in total. The Labute approximate surface area is 85.6 Å². The van der Waals surface area contributed by atoms with Crippen LogP contribution in [0.4, 0.5) is 0 Å². The monoisotopic (exact) mass is 232 g/mol. The molecule has 1 radical (unpaired) electrons. The summed E-state index contributed by atoms with van der Waals surface area (Å²) in [7, 11) is 0. The van der Waals surface area contributed by atoms with Crippen LogP contribution in [-0.4, -0.2) is 4.98 Å². The molecule has 1 aromatic heterocycles. The molecule has 0 saturated heterocycles. The Bertz CT molecular complexity index is 398. The molecule has 0 aliphatic heterocycles. The van der Waals surface area contributed by atoms with Gasteiger partial charge in [0.25, 0.3) is 0 Å². The first-order valence-corrected chi connectivity index (χ1v) is 4.73. The second-order valence-corrected chi connectivity index (χ2v) is 3.52. The van der Waals surface area contributed by atoms with Gasteiger partial charge in [0.15, 0.2) is 0 Å². The van der Waals surface area contributed by atoms with Crippen molar-refractivity contribution in [3.8, 4) is 11.1 Å². The predicted octanol–water partition coefficient (Wildman–Crippen LogP) is 3.31. The lowest BCUT2D eigenvalue weighted by molar-refractivity contribution is 1.33. The third-order valence-corrected chi connectivity index (χ3v) is 2.22. The molecule has 0 aliphatic carbocycles. The Morgan fingerprint density at radius 3 is 2.85 bits per heavy atom. The first kappa shape index (κ1) is 8.45. The summed E-state index contributed by atoms with van der Waals surface area (Å²) in [6, 6.07) is 12.9. The summed E-state index contributed by atoms with van der Waals surface area (Å²) < 4.78 is 0.967. The molecular formula is C11H7BrN. The van der Waals surface area contributed by atoms with Gasteiger partial charge in [0.05, 0.1) is 0 Å². The number of hydrogen-bond acceptors (Lipinski definition) is 1. The molecule has 0 unspecified atom stereocenters. The number of benzene rings is 1. The minimum absolute atomic E-state index is 0.967. The van der Waals surface area contributed by atoms with Crippen LogP contribution in [0.3, 0.4) is 0 Å². The lowest BCUT2D eigenvalue weighted by Crippen LogP contribution is -1.78. The molecule has 0 spiro atoms. The average Bonchev–Trinajstić information content (AvgIpc) is 2.19. The van der Waals surface area contributed by atoms with Crippen molar-refractivity contribution in [2.45, 2.75) is 0 Å². The Morgan fingerprint density at radius 1 is 1.23 bits per heavy atom. The summed E-state index contributed by atoms with van der Waals surface area (Å²) in [6.45, 7) is 0. The van der Waals surface area contributed by atoms with E-state index in [1.54, 1.807) is 6.20 Å². The van der Waals surface area contributed by atoms with Crippen LogP contribution >= 0.6 is 15.9 Å². The number of pyridine rings is 1. The van der Waals surface area contributed by atoms with Crippen LogP contribution in [0.2, 0.25) is 0 Å². The van der Waals surface area contributed by atoms with Gasteiger partial charge in [-0.1, -0.05) is 34.1 Å².